The molecule has 0 aliphatic carbocycles. The van der Waals surface area contributed by atoms with Crippen LogP contribution in [0.3, 0.4) is 0 Å². The standard InChI is InChI=1S/C8H20N4/c1-7(2)12(8(3)4)10-9-11(5)6/h7-8H,1-6H3. The van der Waals surface area contributed by atoms with Crippen molar-refractivity contribution in [3.8, 4) is 0 Å². The number of nitrogens with zero attached hydrogens (tertiary/aromatic N) is 4. The fraction of sp³-hybridized carbons (Fsp3) is 1.00. The lowest BCUT2D eigenvalue weighted by molar-refractivity contribution is 0.149. The van der Waals surface area contributed by atoms with E-state index in [-0.39, 0.29) is 0 Å². The highest BCUT2D eigenvalue weighted by Gasteiger charge is 2.10. The van der Waals surface area contributed by atoms with Gasteiger partial charge in [0.2, 0.25) is 0 Å². The number of hydrogen-bond donors (Lipinski definition) is 0. The van der Waals surface area contributed by atoms with Gasteiger partial charge in [-0.15, -0.1) is 0 Å². The van der Waals surface area contributed by atoms with Crippen LogP contribution in [0.1, 0.15) is 27.7 Å². The summed E-state index contributed by atoms with van der Waals surface area (Å²) in [4.78, 5) is 0. The molecule has 0 unspecified atom stereocenters. The van der Waals surface area contributed by atoms with Gasteiger partial charge in [-0.3, -0.25) is 10.0 Å². The molecule has 4 heteroatoms. The minimum atomic E-state index is 0.397. The van der Waals surface area contributed by atoms with Gasteiger partial charge in [-0.25, -0.2) is 0 Å². The first-order chi connectivity index (χ1) is 5.45. The van der Waals surface area contributed by atoms with Crippen LogP contribution in [0.15, 0.2) is 10.4 Å². The second kappa shape index (κ2) is 4.95. The van der Waals surface area contributed by atoms with Crippen LogP contribution in [0, 0.1) is 0 Å². The van der Waals surface area contributed by atoms with E-state index in [1.54, 1.807) is 5.01 Å². The predicted molar refractivity (Wildman–Crippen MR) is 50.7 cm³/mol. The molecule has 0 saturated heterocycles. The summed E-state index contributed by atoms with van der Waals surface area (Å²) in [5.41, 5.74) is 0. The third-order valence-electron chi connectivity index (χ3n) is 1.38. The summed E-state index contributed by atoms with van der Waals surface area (Å²) in [5.74, 6) is 0. The van der Waals surface area contributed by atoms with Gasteiger partial charge in [0.25, 0.3) is 0 Å². The van der Waals surface area contributed by atoms with Crippen molar-refractivity contribution in [2.24, 2.45) is 10.4 Å². The molecule has 12 heavy (non-hydrogen) atoms. The Morgan fingerprint density at radius 1 is 0.833 bits per heavy atom. The maximum Gasteiger partial charge on any atom is 0.0434 e. The second-order valence-corrected chi connectivity index (χ2v) is 3.59. The van der Waals surface area contributed by atoms with Gasteiger partial charge in [0.1, 0.15) is 0 Å². The summed E-state index contributed by atoms with van der Waals surface area (Å²) in [7, 11) is 3.73. The monoisotopic (exact) mass is 172 g/mol. The van der Waals surface area contributed by atoms with Gasteiger partial charge in [0, 0.05) is 26.2 Å². The van der Waals surface area contributed by atoms with E-state index < -0.39 is 0 Å². The molecule has 0 N–H and O–H groups in total. The van der Waals surface area contributed by atoms with E-state index in [0.717, 1.165) is 0 Å². The Morgan fingerprint density at radius 2 is 1.25 bits per heavy atom. The van der Waals surface area contributed by atoms with Crippen LogP contribution in [-0.2, 0) is 0 Å². The molecule has 0 fully saturated rings. The third-order valence-corrected chi connectivity index (χ3v) is 1.38. The maximum atomic E-state index is 4.11. The summed E-state index contributed by atoms with van der Waals surface area (Å²) in [6, 6.07) is 0.794. The van der Waals surface area contributed by atoms with Crippen LogP contribution in [-0.4, -0.2) is 36.2 Å². The molecule has 0 aromatic rings. The minimum Gasteiger partial charge on any atom is -0.283 e. The molecule has 0 saturated carbocycles. The van der Waals surface area contributed by atoms with E-state index in [1.807, 2.05) is 19.1 Å². The number of rotatable bonds is 4. The van der Waals surface area contributed by atoms with E-state index in [4.69, 9.17) is 0 Å². The van der Waals surface area contributed by atoms with E-state index in [9.17, 15) is 0 Å². The first kappa shape index (κ1) is 11.2. The third kappa shape index (κ3) is 4.16. The molecule has 0 atom stereocenters. The Balaban J connectivity index is 4.14. The van der Waals surface area contributed by atoms with Gasteiger partial charge in [0.05, 0.1) is 0 Å². The molecular formula is C8H20N4. The van der Waals surface area contributed by atoms with Crippen LogP contribution < -0.4 is 0 Å². The average molecular weight is 172 g/mol. The largest absolute Gasteiger partial charge is 0.283 e. The molecule has 0 rings (SSSR count). The summed E-state index contributed by atoms with van der Waals surface area (Å²) >= 11 is 0. The molecule has 0 aromatic heterocycles. The smallest absolute Gasteiger partial charge is 0.0434 e. The van der Waals surface area contributed by atoms with Gasteiger partial charge >= 0.3 is 0 Å². The van der Waals surface area contributed by atoms with Crippen molar-refractivity contribution < 1.29 is 0 Å². The number of hydrogen-bond acceptors (Lipinski definition) is 2. The normalized spacial score (nSPS) is 11.7. The summed E-state index contributed by atoms with van der Waals surface area (Å²) in [6.07, 6.45) is 0. The highest BCUT2D eigenvalue weighted by atomic mass is 15.7. The Bertz CT molecular complexity index is 132. The zero-order chi connectivity index (χ0) is 9.72. The Kier molecular flexibility index (Phi) is 4.62. The van der Waals surface area contributed by atoms with Crippen molar-refractivity contribution in [1.82, 2.24) is 10.0 Å². The van der Waals surface area contributed by atoms with E-state index in [0.29, 0.717) is 12.1 Å². The lowest BCUT2D eigenvalue weighted by Gasteiger charge is -2.25. The summed E-state index contributed by atoms with van der Waals surface area (Å²) in [6.45, 7) is 8.42. The topological polar surface area (TPSA) is 31.2 Å². The molecule has 72 valence electrons. The molecule has 0 amide bonds. The summed E-state index contributed by atoms with van der Waals surface area (Å²) < 4.78 is 0. The van der Waals surface area contributed by atoms with E-state index in [1.165, 1.54) is 0 Å². The molecule has 0 heterocycles. The van der Waals surface area contributed by atoms with Gasteiger partial charge in [0.15, 0.2) is 0 Å². The van der Waals surface area contributed by atoms with Crippen LogP contribution in [0.25, 0.3) is 0 Å². The molecule has 0 bridgehead atoms. The van der Waals surface area contributed by atoms with Crippen molar-refractivity contribution in [1.29, 1.82) is 0 Å². The predicted octanol–water partition coefficient (Wildman–Crippen LogP) is 1.95. The highest BCUT2D eigenvalue weighted by Crippen LogP contribution is 2.05. The van der Waals surface area contributed by atoms with Gasteiger partial charge < -0.3 is 0 Å². The first-order valence-corrected chi connectivity index (χ1v) is 4.32. The van der Waals surface area contributed by atoms with Crippen molar-refractivity contribution in [2.75, 3.05) is 14.1 Å². The fourth-order valence-corrected chi connectivity index (χ4v) is 0.929. The van der Waals surface area contributed by atoms with Crippen LogP contribution in [0.4, 0.5) is 0 Å². The Morgan fingerprint density at radius 3 is 1.50 bits per heavy atom. The molecule has 0 aliphatic rings. The van der Waals surface area contributed by atoms with Crippen molar-refractivity contribution in [2.45, 2.75) is 39.8 Å². The summed E-state index contributed by atoms with van der Waals surface area (Å²) in [5, 5.41) is 11.7. The highest BCUT2D eigenvalue weighted by molar-refractivity contribution is 4.60. The van der Waals surface area contributed by atoms with Crippen molar-refractivity contribution in [3.05, 3.63) is 0 Å². The van der Waals surface area contributed by atoms with Crippen molar-refractivity contribution in [3.63, 3.8) is 0 Å². The van der Waals surface area contributed by atoms with Crippen LogP contribution in [0.2, 0.25) is 0 Å². The van der Waals surface area contributed by atoms with E-state index in [2.05, 4.69) is 38.1 Å². The first-order valence-electron chi connectivity index (χ1n) is 4.32. The zero-order valence-corrected chi connectivity index (χ0v) is 8.94. The SMILES string of the molecule is CC(C)N(N=NN(C)C)C(C)C. The van der Waals surface area contributed by atoms with Gasteiger partial charge in [-0.1, -0.05) is 10.4 Å². The lowest BCUT2D eigenvalue weighted by Crippen LogP contribution is -2.32. The van der Waals surface area contributed by atoms with Crippen LogP contribution in [0.5, 0.6) is 0 Å². The average Bonchev–Trinajstić information content (AvgIpc) is 1.84. The van der Waals surface area contributed by atoms with Gasteiger partial charge in [-0.05, 0) is 27.7 Å². The minimum absolute atomic E-state index is 0.397. The second-order valence-electron chi connectivity index (χ2n) is 3.59. The fourth-order valence-electron chi connectivity index (χ4n) is 0.929. The molecular weight excluding hydrogens is 152 g/mol. The Hall–Kier alpha value is -0.800. The van der Waals surface area contributed by atoms with Gasteiger partial charge in [-0.2, -0.15) is 0 Å². The van der Waals surface area contributed by atoms with Crippen LogP contribution >= 0.6 is 0 Å². The molecule has 0 radical (unpaired) electrons. The zero-order valence-electron chi connectivity index (χ0n) is 8.94. The molecule has 0 aliphatic heterocycles. The lowest BCUT2D eigenvalue weighted by atomic mass is 10.3. The quantitative estimate of drug-likeness (QED) is 0.479. The Labute approximate surface area is 75.2 Å². The van der Waals surface area contributed by atoms with Crippen molar-refractivity contribution >= 4 is 0 Å². The molecule has 0 aromatic carbocycles. The molecule has 0 spiro atoms. The maximum absolute atomic E-state index is 4.11. The van der Waals surface area contributed by atoms with E-state index >= 15 is 0 Å². The molecule has 4 nitrogen and oxygen atoms in total.